The van der Waals surface area contributed by atoms with Crippen molar-refractivity contribution in [3.8, 4) is 0 Å². The minimum atomic E-state index is -1.04. The monoisotopic (exact) mass is 279 g/mol. The van der Waals surface area contributed by atoms with Crippen LogP contribution in [0.1, 0.15) is 24.0 Å². The van der Waals surface area contributed by atoms with Crippen molar-refractivity contribution in [3.63, 3.8) is 0 Å². The average molecular weight is 279 g/mol. The van der Waals surface area contributed by atoms with Crippen LogP contribution < -0.4 is 5.32 Å². The number of benzene rings is 1. The van der Waals surface area contributed by atoms with E-state index in [-0.39, 0.29) is 18.7 Å². The predicted molar refractivity (Wildman–Crippen MR) is 75.6 cm³/mol. The largest absolute Gasteiger partial charge is 0.480 e. The van der Waals surface area contributed by atoms with Gasteiger partial charge < -0.3 is 15.2 Å². The maximum Gasteiger partial charge on any atom is 0.326 e. The lowest BCUT2D eigenvalue weighted by molar-refractivity contribution is -0.142. The molecule has 110 valence electrons. The minimum absolute atomic E-state index is 0.255. The van der Waals surface area contributed by atoms with Gasteiger partial charge in [0, 0.05) is 26.6 Å². The van der Waals surface area contributed by atoms with Crippen molar-refractivity contribution in [2.24, 2.45) is 0 Å². The Morgan fingerprint density at radius 2 is 1.95 bits per heavy atom. The average Bonchev–Trinajstić information content (AvgIpc) is 2.42. The predicted octanol–water partition coefficient (Wildman–Crippen LogP) is 1.53. The first-order valence-electron chi connectivity index (χ1n) is 6.59. The third-order valence-electron chi connectivity index (χ3n) is 3.01. The van der Waals surface area contributed by atoms with Gasteiger partial charge in [-0.1, -0.05) is 29.8 Å². The van der Waals surface area contributed by atoms with Gasteiger partial charge in [0.25, 0.3) is 0 Å². The molecule has 0 radical (unpaired) electrons. The smallest absolute Gasteiger partial charge is 0.326 e. The van der Waals surface area contributed by atoms with Gasteiger partial charge in [-0.15, -0.1) is 0 Å². The van der Waals surface area contributed by atoms with Crippen molar-refractivity contribution in [3.05, 3.63) is 35.4 Å². The van der Waals surface area contributed by atoms with Gasteiger partial charge in [-0.2, -0.15) is 0 Å². The van der Waals surface area contributed by atoms with Gasteiger partial charge in [0.05, 0.1) is 0 Å². The molecule has 0 aliphatic heterocycles. The molecule has 0 aromatic heterocycles. The molecule has 5 heteroatoms. The van der Waals surface area contributed by atoms with E-state index < -0.39 is 12.0 Å². The highest BCUT2D eigenvalue weighted by molar-refractivity contribution is 5.83. The molecule has 1 aromatic carbocycles. The summed E-state index contributed by atoms with van der Waals surface area (Å²) in [5.41, 5.74) is 2.23. The first kappa shape index (κ1) is 16.2. The van der Waals surface area contributed by atoms with Crippen LogP contribution in [0.2, 0.25) is 0 Å². The topological polar surface area (TPSA) is 75.6 Å². The number of hydrogen-bond donors (Lipinski definition) is 2. The number of carbonyl (C=O) groups is 2. The Morgan fingerprint density at radius 3 is 2.50 bits per heavy atom. The van der Waals surface area contributed by atoms with Gasteiger partial charge in [-0.05, 0) is 18.9 Å². The molecule has 0 fully saturated rings. The summed E-state index contributed by atoms with van der Waals surface area (Å²) in [5.74, 6) is -1.29. The molecule has 1 rings (SSSR count). The van der Waals surface area contributed by atoms with Crippen molar-refractivity contribution < 1.29 is 19.4 Å². The lowest BCUT2D eigenvalue weighted by Gasteiger charge is -2.14. The molecule has 0 saturated heterocycles. The number of rotatable bonds is 8. The Kier molecular flexibility index (Phi) is 6.73. The highest BCUT2D eigenvalue weighted by Crippen LogP contribution is 2.06. The van der Waals surface area contributed by atoms with Crippen LogP contribution in [-0.2, 0) is 20.7 Å². The number of aliphatic carboxylic acids is 1. The summed E-state index contributed by atoms with van der Waals surface area (Å²) in [6.45, 7) is 2.30. The Bertz CT molecular complexity index is 442. The fraction of sp³-hybridized carbons (Fsp3) is 0.467. The van der Waals surface area contributed by atoms with E-state index in [1.54, 1.807) is 0 Å². The number of nitrogens with one attached hydrogen (secondary N) is 1. The van der Waals surface area contributed by atoms with Crippen LogP contribution in [0.15, 0.2) is 24.3 Å². The van der Waals surface area contributed by atoms with Crippen molar-refractivity contribution in [1.82, 2.24) is 5.32 Å². The van der Waals surface area contributed by atoms with E-state index in [0.717, 1.165) is 5.56 Å². The second kappa shape index (κ2) is 8.32. The normalized spacial score (nSPS) is 11.9. The zero-order valence-corrected chi connectivity index (χ0v) is 11.9. The first-order chi connectivity index (χ1) is 9.52. The summed E-state index contributed by atoms with van der Waals surface area (Å²) < 4.78 is 4.83. The standard InChI is InChI=1S/C15H21NO4/c1-11-3-5-12(6-4-11)7-8-14(17)16-13(15(18)19)9-10-20-2/h3-6,13H,7-10H2,1-2H3,(H,16,17)(H,18,19). The Labute approximate surface area is 118 Å². The third kappa shape index (κ3) is 5.84. The molecular weight excluding hydrogens is 258 g/mol. The number of carboxylic acid groups (broad SMARTS) is 1. The fourth-order valence-electron chi connectivity index (χ4n) is 1.77. The van der Waals surface area contributed by atoms with Crippen LogP contribution in [0, 0.1) is 6.92 Å². The highest BCUT2D eigenvalue weighted by atomic mass is 16.5. The van der Waals surface area contributed by atoms with E-state index in [9.17, 15) is 9.59 Å². The van der Waals surface area contributed by atoms with Gasteiger partial charge in [0.15, 0.2) is 0 Å². The van der Waals surface area contributed by atoms with Crippen LogP contribution in [-0.4, -0.2) is 36.7 Å². The maximum absolute atomic E-state index is 11.7. The molecular formula is C15H21NO4. The lowest BCUT2D eigenvalue weighted by atomic mass is 10.1. The molecule has 1 aromatic rings. The zero-order valence-electron chi connectivity index (χ0n) is 11.9. The molecule has 0 aliphatic rings. The second-order valence-corrected chi connectivity index (χ2v) is 4.73. The Hall–Kier alpha value is -1.88. The van der Waals surface area contributed by atoms with Gasteiger partial charge >= 0.3 is 5.97 Å². The first-order valence-corrected chi connectivity index (χ1v) is 6.59. The maximum atomic E-state index is 11.7. The second-order valence-electron chi connectivity index (χ2n) is 4.73. The van der Waals surface area contributed by atoms with E-state index in [4.69, 9.17) is 9.84 Å². The fourth-order valence-corrected chi connectivity index (χ4v) is 1.77. The van der Waals surface area contributed by atoms with Gasteiger partial charge in [-0.3, -0.25) is 4.79 Å². The van der Waals surface area contributed by atoms with Crippen molar-refractivity contribution in [2.45, 2.75) is 32.2 Å². The summed E-state index contributed by atoms with van der Waals surface area (Å²) in [4.78, 5) is 22.7. The quantitative estimate of drug-likeness (QED) is 0.756. The summed E-state index contributed by atoms with van der Waals surface area (Å²) in [6.07, 6.45) is 1.14. The molecule has 20 heavy (non-hydrogen) atoms. The van der Waals surface area contributed by atoms with Gasteiger partial charge in [-0.25, -0.2) is 4.79 Å². The molecule has 2 N–H and O–H groups in total. The number of hydrogen-bond acceptors (Lipinski definition) is 3. The minimum Gasteiger partial charge on any atom is -0.480 e. The Morgan fingerprint density at radius 1 is 1.30 bits per heavy atom. The summed E-state index contributed by atoms with van der Waals surface area (Å²) in [7, 11) is 1.50. The molecule has 5 nitrogen and oxygen atoms in total. The van der Waals surface area contributed by atoms with Crippen molar-refractivity contribution in [1.29, 1.82) is 0 Å². The summed E-state index contributed by atoms with van der Waals surface area (Å²) in [5, 5.41) is 11.5. The van der Waals surface area contributed by atoms with E-state index in [2.05, 4.69) is 5.32 Å². The van der Waals surface area contributed by atoms with E-state index in [1.165, 1.54) is 12.7 Å². The molecule has 0 saturated carbocycles. The zero-order chi connectivity index (χ0) is 15.0. The highest BCUT2D eigenvalue weighted by Gasteiger charge is 2.19. The van der Waals surface area contributed by atoms with Crippen LogP contribution in [0.25, 0.3) is 0 Å². The number of aryl methyl sites for hydroxylation is 2. The molecule has 1 unspecified atom stereocenters. The number of amides is 1. The summed E-state index contributed by atoms with van der Waals surface area (Å²) in [6, 6.07) is 7.04. The van der Waals surface area contributed by atoms with Crippen LogP contribution in [0.3, 0.4) is 0 Å². The van der Waals surface area contributed by atoms with E-state index >= 15 is 0 Å². The number of carbonyl (C=O) groups excluding carboxylic acids is 1. The van der Waals surface area contributed by atoms with E-state index in [1.807, 2.05) is 31.2 Å². The van der Waals surface area contributed by atoms with Crippen LogP contribution >= 0.6 is 0 Å². The van der Waals surface area contributed by atoms with Gasteiger partial charge in [0.1, 0.15) is 6.04 Å². The lowest BCUT2D eigenvalue weighted by Crippen LogP contribution is -2.41. The molecule has 0 bridgehead atoms. The molecule has 0 aliphatic carbocycles. The van der Waals surface area contributed by atoms with Crippen LogP contribution in [0.4, 0.5) is 0 Å². The van der Waals surface area contributed by atoms with Crippen molar-refractivity contribution >= 4 is 11.9 Å². The van der Waals surface area contributed by atoms with E-state index in [0.29, 0.717) is 13.0 Å². The molecule has 0 spiro atoms. The number of carboxylic acids is 1. The summed E-state index contributed by atoms with van der Waals surface area (Å²) >= 11 is 0. The molecule has 1 atom stereocenters. The Balaban J connectivity index is 2.41. The molecule has 1 amide bonds. The molecule has 0 heterocycles. The number of ether oxygens (including phenoxy) is 1. The van der Waals surface area contributed by atoms with Gasteiger partial charge in [0.2, 0.25) is 5.91 Å². The van der Waals surface area contributed by atoms with Crippen molar-refractivity contribution in [2.75, 3.05) is 13.7 Å². The number of methoxy groups -OCH3 is 1. The SMILES string of the molecule is COCCC(NC(=O)CCc1ccc(C)cc1)C(=O)O. The van der Waals surface area contributed by atoms with Crippen LogP contribution in [0.5, 0.6) is 0 Å². The third-order valence-corrected chi connectivity index (χ3v) is 3.01.